The first-order valence-corrected chi connectivity index (χ1v) is 7.59. The van der Waals surface area contributed by atoms with Gasteiger partial charge in [0.25, 0.3) is 0 Å². The second kappa shape index (κ2) is 6.31. The summed E-state index contributed by atoms with van der Waals surface area (Å²) in [6.45, 7) is 2.81. The average Bonchev–Trinajstić information content (AvgIpc) is 2.53. The third-order valence-corrected chi connectivity index (χ3v) is 4.15. The van der Waals surface area contributed by atoms with Gasteiger partial charge >= 0.3 is 0 Å². The van der Waals surface area contributed by atoms with Crippen LogP contribution in [0.15, 0.2) is 36.7 Å². The zero-order chi connectivity index (χ0) is 14.7. The molecule has 0 amide bonds. The lowest BCUT2D eigenvalue weighted by molar-refractivity contribution is 0.381. The van der Waals surface area contributed by atoms with Crippen LogP contribution < -0.4 is 5.32 Å². The fraction of sp³-hybridized carbons (Fsp3) is 0.412. The molecule has 2 aromatic heterocycles. The van der Waals surface area contributed by atoms with E-state index in [4.69, 9.17) is 0 Å². The van der Waals surface area contributed by atoms with E-state index in [0.717, 1.165) is 31.5 Å². The maximum atomic E-state index is 14.2. The Morgan fingerprint density at radius 3 is 2.90 bits per heavy atom. The van der Waals surface area contributed by atoms with Crippen LogP contribution in [0.5, 0.6) is 0 Å². The molecule has 2 unspecified atom stereocenters. The van der Waals surface area contributed by atoms with E-state index in [0.29, 0.717) is 5.69 Å². The van der Waals surface area contributed by atoms with E-state index in [2.05, 4.69) is 21.4 Å². The van der Waals surface area contributed by atoms with Crippen molar-refractivity contribution < 1.29 is 4.39 Å². The van der Waals surface area contributed by atoms with E-state index in [-0.39, 0.29) is 17.8 Å². The molecule has 0 aromatic carbocycles. The van der Waals surface area contributed by atoms with Gasteiger partial charge < -0.3 is 5.32 Å². The van der Waals surface area contributed by atoms with Crippen LogP contribution in [0.4, 0.5) is 4.39 Å². The third-order valence-electron chi connectivity index (χ3n) is 4.15. The van der Waals surface area contributed by atoms with E-state index < -0.39 is 0 Å². The van der Waals surface area contributed by atoms with E-state index in [1.165, 1.54) is 11.6 Å². The summed E-state index contributed by atoms with van der Waals surface area (Å²) >= 11 is 0. The first kappa shape index (κ1) is 14.1. The van der Waals surface area contributed by atoms with Crippen LogP contribution in [-0.2, 0) is 6.42 Å². The summed E-state index contributed by atoms with van der Waals surface area (Å²) in [7, 11) is 0. The number of nitrogens with one attached hydrogen (secondary N) is 1. The first-order valence-electron chi connectivity index (χ1n) is 7.59. The highest BCUT2D eigenvalue weighted by Gasteiger charge is 2.31. The predicted octanol–water partition coefficient (Wildman–Crippen LogP) is 3.39. The minimum atomic E-state index is -0.244. The minimum absolute atomic E-state index is 0.120. The van der Waals surface area contributed by atoms with Gasteiger partial charge in [0.1, 0.15) is 5.82 Å². The summed E-state index contributed by atoms with van der Waals surface area (Å²) in [5.74, 6) is -0.0641. The lowest BCUT2D eigenvalue weighted by atomic mass is 9.80. The Morgan fingerprint density at radius 2 is 2.10 bits per heavy atom. The molecule has 110 valence electrons. The van der Waals surface area contributed by atoms with Crippen LogP contribution in [0.3, 0.4) is 0 Å². The molecule has 2 heterocycles. The maximum absolute atomic E-state index is 14.2. The molecule has 3 nitrogen and oxygen atoms in total. The molecule has 0 bridgehead atoms. The molecule has 21 heavy (non-hydrogen) atoms. The minimum Gasteiger partial charge on any atom is -0.308 e. The number of fused-ring (bicyclic) bond motifs is 1. The van der Waals surface area contributed by atoms with Gasteiger partial charge in [0, 0.05) is 24.0 Å². The second-order valence-corrected chi connectivity index (χ2v) is 5.45. The van der Waals surface area contributed by atoms with Gasteiger partial charge in [-0.2, -0.15) is 0 Å². The van der Waals surface area contributed by atoms with Crippen molar-refractivity contribution in [3.8, 4) is 0 Å². The normalized spacial score (nSPS) is 19.0. The molecule has 0 aliphatic heterocycles. The smallest absolute Gasteiger partial charge is 0.146 e. The third kappa shape index (κ3) is 2.81. The predicted molar refractivity (Wildman–Crippen MR) is 80.5 cm³/mol. The van der Waals surface area contributed by atoms with E-state index in [9.17, 15) is 4.39 Å². The number of halogens is 1. The van der Waals surface area contributed by atoms with Crippen molar-refractivity contribution in [1.82, 2.24) is 15.3 Å². The fourth-order valence-electron chi connectivity index (χ4n) is 3.25. The van der Waals surface area contributed by atoms with Gasteiger partial charge in [-0.25, -0.2) is 4.39 Å². The molecule has 0 spiro atoms. The maximum Gasteiger partial charge on any atom is 0.146 e. The van der Waals surface area contributed by atoms with Gasteiger partial charge in [0.05, 0.1) is 11.7 Å². The van der Waals surface area contributed by atoms with E-state index >= 15 is 0 Å². The molecule has 1 N–H and O–H groups in total. The van der Waals surface area contributed by atoms with Crippen LogP contribution >= 0.6 is 0 Å². The summed E-state index contributed by atoms with van der Waals surface area (Å²) in [5, 5.41) is 3.41. The summed E-state index contributed by atoms with van der Waals surface area (Å²) < 4.78 is 14.2. The van der Waals surface area contributed by atoms with E-state index in [1.54, 1.807) is 12.3 Å². The molecular formula is C17H20FN3. The van der Waals surface area contributed by atoms with Gasteiger partial charge in [-0.1, -0.05) is 13.0 Å². The number of likely N-dealkylation sites (N-methyl/N-ethyl adjacent to an activating group) is 1. The van der Waals surface area contributed by atoms with Crippen molar-refractivity contribution in [1.29, 1.82) is 0 Å². The van der Waals surface area contributed by atoms with Crippen LogP contribution in [0.2, 0.25) is 0 Å². The average molecular weight is 285 g/mol. The summed E-state index contributed by atoms with van der Waals surface area (Å²) in [4.78, 5) is 8.85. The van der Waals surface area contributed by atoms with Crippen molar-refractivity contribution >= 4 is 0 Å². The lowest BCUT2D eigenvalue weighted by Gasteiger charge is -2.31. The number of hydrogen-bond donors (Lipinski definition) is 1. The largest absolute Gasteiger partial charge is 0.308 e. The topological polar surface area (TPSA) is 37.8 Å². The van der Waals surface area contributed by atoms with Crippen molar-refractivity contribution in [3.05, 3.63) is 59.4 Å². The number of aryl methyl sites for hydroxylation is 1. The molecule has 0 saturated heterocycles. The van der Waals surface area contributed by atoms with Crippen LogP contribution in [0.25, 0.3) is 0 Å². The highest BCUT2D eigenvalue weighted by Crippen LogP contribution is 2.39. The van der Waals surface area contributed by atoms with Crippen molar-refractivity contribution in [2.45, 2.75) is 38.1 Å². The molecule has 0 fully saturated rings. The first-order chi connectivity index (χ1) is 10.3. The molecule has 1 aliphatic rings. The van der Waals surface area contributed by atoms with Crippen molar-refractivity contribution in [2.75, 3.05) is 6.54 Å². The number of aromatic nitrogens is 2. The Balaban J connectivity index is 2.01. The zero-order valence-electron chi connectivity index (χ0n) is 12.2. The van der Waals surface area contributed by atoms with Gasteiger partial charge in [0.2, 0.25) is 0 Å². The van der Waals surface area contributed by atoms with Crippen LogP contribution in [-0.4, -0.2) is 16.5 Å². The van der Waals surface area contributed by atoms with Gasteiger partial charge in [-0.15, -0.1) is 0 Å². The molecule has 0 saturated carbocycles. The SMILES string of the molecule is CCNC(c1ncccc1F)C1CCCc2cccnc21. The quantitative estimate of drug-likeness (QED) is 0.935. The van der Waals surface area contributed by atoms with E-state index in [1.807, 2.05) is 19.2 Å². The molecule has 1 aliphatic carbocycles. The Bertz CT molecular complexity index is 614. The lowest BCUT2D eigenvalue weighted by Crippen LogP contribution is -2.31. The highest BCUT2D eigenvalue weighted by atomic mass is 19.1. The summed E-state index contributed by atoms with van der Waals surface area (Å²) in [6.07, 6.45) is 6.67. The van der Waals surface area contributed by atoms with Crippen LogP contribution in [0.1, 0.15) is 48.7 Å². The van der Waals surface area contributed by atoms with Crippen molar-refractivity contribution in [3.63, 3.8) is 0 Å². The zero-order valence-corrected chi connectivity index (χ0v) is 12.2. The molecule has 2 atom stereocenters. The number of hydrogen-bond acceptors (Lipinski definition) is 3. The highest BCUT2D eigenvalue weighted by molar-refractivity contribution is 5.30. The Hall–Kier alpha value is -1.81. The Kier molecular flexibility index (Phi) is 4.25. The van der Waals surface area contributed by atoms with Crippen molar-refractivity contribution in [2.24, 2.45) is 0 Å². The Labute approximate surface area is 124 Å². The second-order valence-electron chi connectivity index (χ2n) is 5.45. The fourth-order valence-corrected chi connectivity index (χ4v) is 3.25. The standard InChI is InChI=1S/C17H20FN3/c1-2-19-16(17-14(18)9-5-11-21-17)13-8-3-6-12-7-4-10-20-15(12)13/h4-5,7,9-11,13,16,19H,2-3,6,8H2,1H3. The molecular weight excluding hydrogens is 265 g/mol. The molecule has 2 aromatic rings. The van der Waals surface area contributed by atoms with Gasteiger partial charge in [-0.3, -0.25) is 9.97 Å². The molecule has 0 radical (unpaired) electrons. The molecule has 4 heteroatoms. The van der Waals surface area contributed by atoms with Crippen LogP contribution in [0, 0.1) is 5.82 Å². The van der Waals surface area contributed by atoms with Gasteiger partial charge in [-0.05, 0) is 49.6 Å². The number of rotatable bonds is 4. The summed E-state index contributed by atoms with van der Waals surface area (Å²) in [5.41, 5.74) is 2.88. The molecule has 3 rings (SSSR count). The number of pyridine rings is 2. The number of nitrogens with zero attached hydrogens (tertiary/aromatic N) is 2. The monoisotopic (exact) mass is 285 g/mol. The summed E-state index contributed by atoms with van der Waals surface area (Å²) in [6, 6.07) is 7.10. The Morgan fingerprint density at radius 1 is 1.29 bits per heavy atom. The van der Waals surface area contributed by atoms with Gasteiger partial charge in [0.15, 0.2) is 0 Å².